The molecule has 0 aromatic heterocycles. The highest BCUT2D eigenvalue weighted by Crippen LogP contribution is 2.21. The molecule has 0 atom stereocenters. The Hall–Kier alpha value is -1.68. The van der Waals surface area contributed by atoms with Crippen molar-refractivity contribution in [2.75, 3.05) is 46.3 Å². The van der Waals surface area contributed by atoms with Crippen LogP contribution in [0.4, 0.5) is 0 Å². The zero-order chi connectivity index (χ0) is 19.8. The average Bonchev–Trinajstić information content (AvgIpc) is 2.90. The van der Waals surface area contributed by atoms with Crippen LogP contribution in [0.3, 0.4) is 0 Å². The molecule has 1 aromatic rings. The van der Waals surface area contributed by atoms with Crippen molar-refractivity contribution in [3.05, 3.63) is 35.4 Å². The van der Waals surface area contributed by atoms with Crippen LogP contribution < -0.4 is 10.6 Å². The number of fused-ring (bicyclic) bond motifs is 1. The van der Waals surface area contributed by atoms with Gasteiger partial charge in [-0.3, -0.25) is 19.5 Å². The van der Waals surface area contributed by atoms with Gasteiger partial charge >= 0.3 is 0 Å². The van der Waals surface area contributed by atoms with Gasteiger partial charge in [-0.15, -0.1) is 24.0 Å². The molecule has 1 aromatic carbocycles. The molecule has 1 saturated heterocycles. The van der Waals surface area contributed by atoms with E-state index in [1.807, 2.05) is 0 Å². The van der Waals surface area contributed by atoms with E-state index < -0.39 is 0 Å². The summed E-state index contributed by atoms with van der Waals surface area (Å²) in [6.07, 6.45) is 6.42. The highest BCUT2D eigenvalue weighted by Gasteiger charge is 2.34. The van der Waals surface area contributed by atoms with E-state index in [1.54, 1.807) is 31.3 Å². The Morgan fingerprint density at radius 1 is 0.931 bits per heavy atom. The normalized spacial score (nSPS) is 17.6. The Morgan fingerprint density at radius 3 is 2.10 bits per heavy atom. The first-order chi connectivity index (χ1) is 13.7. The maximum Gasteiger partial charge on any atom is 0.261 e. The number of likely N-dealkylation sites (tertiary alicyclic amines) is 1. The quantitative estimate of drug-likeness (QED) is 0.193. The molecule has 0 saturated carbocycles. The summed E-state index contributed by atoms with van der Waals surface area (Å²) < 4.78 is 0. The Labute approximate surface area is 190 Å². The molecular weight excluding hydrogens is 481 g/mol. The van der Waals surface area contributed by atoms with Gasteiger partial charge in [-0.1, -0.05) is 25.0 Å². The lowest BCUT2D eigenvalue weighted by molar-refractivity contribution is 0.0657. The van der Waals surface area contributed by atoms with Crippen LogP contribution in [0.2, 0.25) is 0 Å². The molecule has 7 nitrogen and oxygen atoms in total. The number of hydrogen-bond acceptors (Lipinski definition) is 4. The first-order valence-electron chi connectivity index (χ1n) is 10.3. The molecule has 2 aliphatic heterocycles. The first-order valence-corrected chi connectivity index (χ1v) is 10.3. The van der Waals surface area contributed by atoms with Crippen molar-refractivity contribution in [2.45, 2.75) is 32.1 Å². The van der Waals surface area contributed by atoms with Crippen molar-refractivity contribution in [3.63, 3.8) is 0 Å². The van der Waals surface area contributed by atoms with Gasteiger partial charge in [0.25, 0.3) is 11.8 Å². The number of nitrogens with one attached hydrogen (secondary N) is 2. The molecule has 0 bridgehead atoms. The fourth-order valence-corrected chi connectivity index (χ4v) is 3.82. The molecule has 29 heavy (non-hydrogen) atoms. The third kappa shape index (κ3) is 6.40. The second-order valence-electron chi connectivity index (χ2n) is 7.34. The molecule has 0 aliphatic carbocycles. The lowest BCUT2D eigenvalue weighted by Crippen LogP contribution is -2.43. The van der Waals surface area contributed by atoms with Crippen LogP contribution in [-0.4, -0.2) is 73.9 Å². The van der Waals surface area contributed by atoms with Crippen molar-refractivity contribution < 1.29 is 9.59 Å². The van der Waals surface area contributed by atoms with Gasteiger partial charge in [0, 0.05) is 26.7 Å². The number of imide groups is 1. The third-order valence-corrected chi connectivity index (χ3v) is 5.37. The summed E-state index contributed by atoms with van der Waals surface area (Å²) in [5.74, 6) is 0.262. The number of rotatable bonds is 7. The topological polar surface area (TPSA) is 77.0 Å². The number of aliphatic imine (C=N–C) groups is 1. The predicted octanol–water partition coefficient (Wildman–Crippen LogP) is 2.33. The lowest BCUT2D eigenvalue weighted by atomic mass is 10.1. The van der Waals surface area contributed by atoms with Crippen LogP contribution in [0, 0.1) is 0 Å². The number of benzene rings is 1. The molecule has 2 heterocycles. The Morgan fingerprint density at radius 2 is 1.52 bits per heavy atom. The van der Waals surface area contributed by atoms with E-state index in [0.717, 1.165) is 19.5 Å². The van der Waals surface area contributed by atoms with E-state index >= 15 is 0 Å². The van der Waals surface area contributed by atoms with Gasteiger partial charge in [-0.25, -0.2) is 0 Å². The van der Waals surface area contributed by atoms with E-state index in [4.69, 9.17) is 0 Å². The van der Waals surface area contributed by atoms with Crippen molar-refractivity contribution >= 4 is 41.8 Å². The van der Waals surface area contributed by atoms with Gasteiger partial charge in [0.2, 0.25) is 0 Å². The number of hydrogen-bond donors (Lipinski definition) is 2. The molecular formula is C21H32IN5O2. The van der Waals surface area contributed by atoms with Crippen molar-refractivity contribution in [1.82, 2.24) is 20.4 Å². The van der Waals surface area contributed by atoms with Crippen molar-refractivity contribution in [3.8, 4) is 0 Å². The van der Waals surface area contributed by atoms with Gasteiger partial charge in [0.05, 0.1) is 11.1 Å². The first kappa shape index (κ1) is 23.6. The number of carbonyl (C=O) groups is 2. The van der Waals surface area contributed by atoms with Gasteiger partial charge in [0.1, 0.15) is 0 Å². The Kier molecular flexibility index (Phi) is 9.86. The summed E-state index contributed by atoms with van der Waals surface area (Å²) in [4.78, 5) is 32.8. The fourth-order valence-electron chi connectivity index (χ4n) is 3.82. The maximum absolute atomic E-state index is 12.4. The molecule has 8 heteroatoms. The van der Waals surface area contributed by atoms with E-state index in [1.165, 1.54) is 43.7 Å². The molecule has 0 spiro atoms. The van der Waals surface area contributed by atoms with Gasteiger partial charge in [-0.05, 0) is 51.0 Å². The summed E-state index contributed by atoms with van der Waals surface area (Å²) in [6, 6.07) is 6.97. The van der Waals surface area contributed by atoms with Crippen LogP contribution in [0.25, 0.3) is 0 Å². The number of guanidine groups is 1. The minimum Gasteiger partial charge on any atom is -0.356 e. The lowest BCUT2D eigenvalue weighted by Gasteiger charge is -2.20. The molecule has 2 amide bonds. The van der Waals surface area contributed by atoms with Crippen molar-refractivity contribution in [1.29, 1.82) is 0 Å². The molecule has 1 fully saturated rings. The molecule has 3 rings (SSSR count). The SMILES string of the molecule is CN=C(NCCCN1CCCCCC1)NCCN1C(=O)c2ccccc2C1=O.I. The number of nitrogens with zero attached hydrogens (tertiary/aromatic N) is 3. The van der Waals surface area contributed by atoms with Gasteiger partial charge in [0.15, 0.2) is 5.96 Å². The average molecular weight is 513 g/mol. The highest BCUT2D eigenvalue weighted by atomic mass is 127. The molecule has 160 valence electrons. The van der Waals surface area contributed by atoms with Crippen LogP contribution in [-0.2, 0) is 0 Å². The molecule has 2 aliphatic rings. The van der Waals surface area contributed by atoms with E-state index in [-0.39, 0.29) is 35.8 Å². The Balaban J connectivity index is 0.00000300. The molecule has 0 radical (unpaired) electrons. The number of halogens is 1. The van der Waals surface area contributed by atoms with E-state index in [9.17, 15) is 9.59 Å². The highest BCUT2D eigenvalue weighted by molar-refractivity contribution is 14.0. The molecule has 0 unspecified atom stereocenters. The minimum absolute atomic E-state index is 0. The van der Waals surface area contributed by atoms with Gasteiger partial charge in [-0.2, -0.15) is 0 Å². The van der Waals surface area contributed by atoms with E-state index in [0.29, 0.717) is 30.2 Å². The smallest absolute Gasteiger partial charge is 0.261 e. The number of carbonyl (C=O) groups excluding carboxylic acids is 2. The van der Waals surface area contributed by atoms with Crippen molar-refractivity contribution in [2.24, 2.45) is 4.99 Å². The molecule has 2 N–H and O–H groups in total. The largest absolute Gasteiger partial charge is 0.356 e. The third-order valence-electron chi connectivity index (χ3n) is 5.37. The summed E-state index contributed by atoms with van der Waals surface area (Å²) in [7, 11) is 1.73. The second kappa shape index (κ2) is 12.1. The standard InChI is InChI=1S/C21H31N5O2.HI/c1-22-21(23-11-8-15-25-13-6-2-3-7-14-25)24-12-16-26-19(27)17-9-4-5-10-18(17)20(26)28;/h4-5,9-10H,2-3,6-8,11-16H2,1H3,(H2,22,23,24);1H. The van der Waals surface area contributed by atoms with Crippen LogP contribution in [0.1, 0.15) is 52.8 Å². The van der Waals surface area contributed by atoms with Crippen LogP contribution in [0.5, 0.6) is 0 Å². The second-order valence-corrected chi connectivity index (χ2v) is 7.34. The van der Waals surface area contributed by atoms with E-state index in [2.05, 4.69) is 20.5 Å². The maximum atomic E-state index is 12.4. The van der Waals surface area contributed by atoms with Gasteiger partial charge < -0.3 is 15.5 Å². The Bertz CT molecular complexity index is 682. The summed E-state index contributed by atoms with van der Waals surface area (Å²) in [6.45, 7) is 5.18. The summed E-state index contributed by atoms with van der Waals surface area (Å²) in [5, 5.41) is 6.51. The van der Waals surface area contributed by atoms with Crippen LogP contribution in [0.15, 0.2) is 29.3 Å². The zero-order valence-electron chi connectivity index (χ0n) is 17.2. The minimum atomic E-state index is -0.220. The van der Waals surface area contributed by atoms with Crippen LogP contribution >= 0.6 is 24.0 Å². The number of amides is 2. The summed E-state index contributed by atoms with van der Waals surface area (Å²) in [5.41, 5.74) is 0.979. The fraction of sp³-hybridized carbons (Fsp3) is 0.571. The zero-order valence-corrected chi connectivity index (χ0v) is 19.5. The summed E-state index contributed by atoms with van der Waals surface area (Å²) >= 11 is 0. The monoisotopic (exact) mass is 513 g/mol. The predicted molar refractivity (Wildman–Crippen MR) is 126 cm³/mol.